The molecule has 30 heavy (non-hydrogen) atoms. The molecule has 0 radical (unpaired) electrons. The van der Waals surface area contributed by atoms with Gasteiger partial charge in [0.05, 0.1) is 21.7 Å². The summed E-state index contributed by atoms with van der Waals surface area (Å²) in [6.45, 7) is 1.81. The van der Waals surface area contributed by atoms with E-state index in [9.17, 15) is 23.1 Å². The van der Waals surface area contributed by atoms with Crippen molar-refractivity contribution in [2.75, 3.05) is 5.32 Å². The third-order valence-corrected chi connectivity index (χ3v) is 5.00. The second-order valence-electron chi connectivity index (χ2n) is 6.69. The molecule has 0 atom stereocenters. The minimum Gasteiger partial charge on any atom is -0.478 e. The highest BCUT2D eigenvalue weighted by atomic mass is 35.5. The standard InChI is InChI=1S/C21H13ClF3N3O2/c1-10-8-26-9-14-13-4-2-11(20(29)30)6-17(13)28-19(18(10)14)27-12-3-5-16(22)15(7-12)21(23,24)25/h2-9H,1H3,(H,27,28)(H,29,30). The van der Waals surface area contributed by atoms with Crippen LogP contribution in [0.1, 0.15) is 21.5 Å². The summed E-state index contributed by atoms with van der Waals surface area (Å²) in [6, 6.07) is 8.00. The minimum atomic E-state index is -4.61. The van der Waals surface area contributed by atoms with Crippen molar-refractivity contribution in [3.63, 3.8) is 0 Å². The van der Waals surface area contributed by atoms with Gasteiger partial charge in [-0.3, -0.25) is 4.98 Å². The van der Waals surface area contributed by atoms with Crippen LogP contribution in [0.3, 0.4) is 0 Å². The van der Waals surface area contributed by atoms with Gasteiger partial charge in [-0.15, -0.1) is 0 Å². The number of carboxylic acids is 1. The zero-order valence-electron chi connectivity index (χ0n) is 15.4. The zero-order chi connectivity index (χ0) is 21.6. The van der Waals surface area contributed by atoms with Crippen molar-refractivity contribution in [1.29, 1.82) is 0 Å². The number of carboxylic acid groups (broad SMARTS) is 1. The molecule has 5 nitrogen and oxygen atoms in total. The fraction of sp³-hybridized carbons (Fsp3) is 0.0952. The summed E-state index contributed by atoms with van der Waals surface area (Å²) >= 11 is 5.70. The van der Waals surface area contributed by atoms with E-state index < -0.39 is 22.7 Å². The molecule has 2 N–H and O–H groups in total. The highest BCUT2D eigenvalue weighted by Crippen LogP contribution is 2.38. The first-order valence-electron chi connectivity index (χ1n) is 8.70. The van der Waals surface area contributed by atoms with Crippen molar-refractivity contribution in [3.8, 4) is 0 Å². The second kappa shape index (κ2) is 7.14. The van der Waals surface area contributed by atoms with Gasteiger partial charge in [-0.2, -0.15) is 13.2 Å². The lowest BCUT2D eigenvalue weighted by molar-refractivity contribution is -0.137. The Morgan fingerprint density at radius 2 is 1.87 bits per heavy atom. The molecule has 0 unspecified atom stereocenters. The first kappa shape index (κ1) is 19.9. The fourth-order valence-electron chi connectivity index (χ4n) is 3.29. The smallest absolute Gasteiger partial charge is 0.417 e. The molecule has 0 aliphatic rings. The molecule has 0 saturated carbocycles. The quantitative estimate of drug-likeness (QED) is 0.377. The molecule has 4 rings (SSSR count). The van der Waals surface area contributed by atoms with Crippen LogP contribution in [0.2, 0.25) is 5.02 Å². The predicted octanol–water partition coefficient (Wildman–Crippen LogP) is 6.21. The Bertz CT molecular complexity index is 1320. The number of aryl methyl sites for hydroxylation is 1. The number of nitrogens with one attached hydrogen (secondary N) is 1. The van der Waals surface area contributed by atoms with Crippen molar-refractivity contribution in [2.45, 2.75) is 13.1 Å². The van der Waals surface area contributed by atoms with E-state index in [1.54, 1.807) is 18.5 Å². The van der Waals surface area contributed by atoms with Crippen LogP contribution in [0.4, 0.5) is 24.7 Å². The number of aromatic nitrogens is 2. The van der Waals surface area contributed by atoms with E-state index in [-0.39, 0.29) is 17.1 Å². The van der Waals surface area contributed by atoms with Crippen LogP contribution >= 0.6 is 11.6 Å². The van der Waals surface area contributed by atoms with Crippen molar-refractivity contribution >= 4 is 50.8 Å². The molecule has 0 aliphatic carbocycles. The lowest BCUT2D eigenvalue weighted by Crippen LogP contribution is -2.07. The molecule has 0 bridgehead atoms. The van der Waals surface area contributed by atoms with Crippen LogP contribution in [0.25, 0.3) is 21.7 Å². The Morgan fingerprint density at radius 3 is 2.57 bits per heavy atom. The number of halogens is 4. The number of aromatic carboxylic acids is 1. The van der Waals surface area contributed by atoms with Gasteiger partial charge in [-0.1, -0.05) is 17.7 Å². The van der Waals surface area contributed by atoms with Crippen LogP contribution in [0.15, 0.2) is 48.8 Å². The maximum absolute atomic E-state index is 13.2. The molecule has 4 aromatic rings. The number of rotatable bonds is 3. The molecular weight excluding hydrogens is 419 g/mol. The normalized spacial score (nSPS) is 11.8. The van der Waals surface area contributed by atoms with E-state index in [1.165, 1.54) is 18.2 Å². The number of pyridine rings is 2. The monoisotopic (exact) mass is 431 g/mol. The van der Waals surface area contributed by atoms with Crippen LogP contribution in [0.5, 0.6) is 0 Å². The highest BCUT2D eigenvalue weighted by Gasteiger charge is 2.33. The first-order valence-corrected chi connectivity index (χ1v) is 9.08. The molecule has 0 amide bonds. The number of carbonyl (C=O) groups is 1. The van der Waals surface area contributed by atoms with E-state index in [2.05, 4.69) is 15.3 Å². The summed E-state index contributed by atoms with van der Waals surface area (Å²) in [4.78, 5) is 20.0. The maximum Gasteiger partial charge on any atom is 0.417 e. The number of hydrogen-bond donors (Lipinski definition) is 2. The summed E-state index contributed by atoms with van der Waals surface area (Å²) < 4.78 is 39.7. The summed E-state index contributed by atoms with van der Waals surface area (Å²) in [7, 11) is 0. The predicted molar refractivity (Wildman–Crippen MR) is 108 cm³/mol. The average molecular weight is 432 g/mol. The lowest BCUT2D eigenvalue weighted by Gasteiger charge is -2.15. The van der Waals surface area contributed by atoms with Gasteiger partial charge in [0, 0.05) is 34.2 Å². The summed E-state index contributed by atoms with van der Waals surface area (Å²) in [5, 5.41) is 13.8. The summed E-state index contributed by atoms with van der Waals surface area (Å²) in [5.74, 6) is -0.821. The van der Waals surface area contributed by atoms with Gasteiger partial charge < -0.3 is 10.4 Å². The second-order valence-corrected chi connectivity index (χ2v) is 7.10. The number of benzene rings is 2. The Kier molecular flexibility index (Phi) is 4.74. The van der Waals surface area contributed by atoms with E-state index in [0.717, 1.165) is 17.7 Å². The van der Waals surface area contributed by atoms with Gasteiger partial charge in [0.1, 0.15) is 5.82 Å². The Hall–Kier alpha value is -3.39. The molecule has 0 saturated heterocycles. The highest BCUT2D eigenvalue weighted by molar-refractivity contribution is 6.31. The lowest BCUT2D eigenvalue weighted by atomic mass is 10.0. The molecule has 0 aliphatic heterocycles. The van der Waals surface area contributed by atoms with Crippen LogP contribution in [-0.4, -0.2) is 21.0 Å². The number of anilines is 2. The Balaban J connectivity index is 1.94. The van der Waals surface area contributed by atoms with Gasteiger partial charge in [-0.25, -0.2) is 9.78 Å². The first-order chi connectivity index (χ1) is 14.1. The van der Waals surface area contributed by atoms with Crippen LogP contribution < -0.4 is 5.32 Å². The van der Waals surface area contributed by atoms with E-state index >= 15 is 0 Å². The Labute approximate surface area is 173 Å². The van der Waals surface area contributed by atoms with E-state index in [1.807, 2.05) is 6.92 Å². The molecule has 0 spiro atoms. The molecule has 2 aromatic heterocycles. The fourth-order valence-corrected chi connectivity index (χ4v) is 3.52. The van der Waals surface area contributed by atoms with Crippen LogP contribution in [-0.2, 0) is 6.18 Å². The average Bonchev–Trinajstić information content (AvgIpc) is 2.68. The van der Waals surface area contributed by atoms with Crippen LogP contribution in [0, 0.1) is 6.92 Å². The topological polar surface area (TPSA) is 75.1 Å². The largest absolute Gasteiger partial charge is 0.478 e. The van der Waals surface area contributed by atoms with E-state index in [0.29, 0.717) is 21.7 Å². The third-order valence-electron chi connectivity index (χ3n) is 4.67. The maximum atomic E-state index is 13.2. The SMILES string of the molecule is Cc1cncc2c1c(Nc1ccc(Cl)c(C(F)(F)F)c1)nc1cc(C(=O)O)ccc12. The van der Waals surface area contributed by atoms with Crippen molar-refractivity contribution < 1.29 is 23.1 Å². The molecule has 9 heteroatoms. The molecule has 0 fully saturated rings. The van der Waals surface area contributed by atoms with Gasteiger partial charge in [0.2, 0.25) is 0 Å². The number of nitrogens with zero attached hydrogens (tertiary/aromatic N) is 2. The minimum absolute atomic E-state index is 0.0479. The molecule has 152 valence electrons. The molecule has 2 heterocycles. The Morgan fingerprint density at radius 1 is 1.10 bits per heavy atom. The van der Waals surface area contributed by atoms with Crippen molar-refractivity contribution in [1.82, 2.24) is 9.97 Å². The van der Waals surface area contributed by atoms with Gasteiger partial charge >= 0.3 is 12.1 Å². The summed E-state index contributed by atoms with van der Waals surface area (Å²) in [5.41, 5.74) is 0.363. The number of hydrogen-bond acceptors (Lipinski definition) is 4. The van der Waals surface area contributed by atoms with Gasteiger partial charge in [-0.05, 0) is 42.8 Å². The third kappa shape index (κ3) is 3.50. The van der Waals surface area contributed by atoms with Crippen molar-refractivity contribution in [2.24, 2.45) is 0 Å². The molecule has 2 aromatic carbocycles. The zero-order valence-corrected chi connectivity index (χ0v) is 16.1. The van der Waals surface area contributed by atoms with Gasteiger partial charge in [0.25, 0.3) is 0 Å². The van der Waals surface area contributed by atoms with Crippen molar-refractivity contribution in [3.05, 3.63) is 70.5 Å². The van der Waals surface area contributed by atoms with Gasteiger partial charge in [0.15, 0.2) is 0 Å². The number of fused-ring (bicyclic) bond motifs is 3. The number of alkyl halides is 3. The summed E-state index contributed by atoms with van der Waals surface area (Å²) in [6.07, 6.45) is -1.37. The molecular formula is C21H13ClF3N3O2. The van der Waals surface area contributed by atoms with E-state index in [4.69, 9.17) is 11.6 Å².